The Hall–Kier alpha value is -2.28. The summed E-state index contributed by atoms with van der Waals surface area (Å²) in [5.41, 5.74) is 1.37. The van der Waals surface area contributed by atoms with E-state index in [0.29, 0.717) is 35.8 Å². The SMILES string of the molecule is COCCCn1ccc2c(c(C)nc3nc(C)nn32)c1=O. The van der Waals surface area contributed by atoms with Crippen molar-refractivity contribution in [3.05, 3.63) is 34.1 Å². The van der Waals surface area contributed by atoms with Crippen molar-refractivity contribution in [2.24, 2.45) is 0 Å². The maximum Gasteiger partial charge on any atom is 0.261 e. The summed E-state index contributed by atoms with van der Waals surface area (Å²) in [6.07, 6.45) is 2.58. The number of aromatic nitrogens is 5. The summed E-state index contributed by atoms with van der Waals surface area (Å²) in [7, 11) is 1.65. The molecule has 0 radical (unpaired) electrons. The highest BCUT2D eigenvalue weighted by Crippen LogP contribution is 2.14. The molecule has 0 aliphatic heterocycles. The van der Waals surface area contributed by atoms with Crippen LogP contribution in [0.25, 0.3) is 16.7 Å². The van der Waals surface area contributed by atoms with Crippen LogP contribution in [0.15, 0.2) is 17.1 Å². The lowest BCUT2D eigenvalue weighted by molar-refractivity contribution is 0.190. The number of rotatable bonds is 4. The number of hydrogen-bond donors (Lipinski definition) is 0. The minimum absolute atomic E-state index is 0.0522. The maximum absolute atomic E-state index is 12.6. The minimum atomic E-state index is -0.0522. The lowest BCUT2D eigenvalue weighted by Crippen LogP contribution is -2.22. The van der Waals surface area contributed by atoms with Crippen molar-refractivity contribution in [2.45, 2.75) is 26.8 Å². The van der Waals surface area contributed by atoms with Gasteiger partial charge < -0.3 is 9.30 Å². The number of aryl methyl sites for hydroxylation is 3. The van der Waals surface area contributed by atoms with Crippen molar-refractivity contribution in [3.63, 3.8) is 0 Å². The highest BCUT2D eigenvalue weighted by atomic mass is 16.5. The molecule has 0 atom stereocenters. The van der Waals surface area contributed by atoms with E-state index in [4.69, 9.17) is 4.74 Å². The number of ether oxygens (including phenoxy) is 1. The van der Waals surface area contributed by atoms with Crippen molar-refractivity contribution in [1.29, 1.82) is 0 Å². The number of methoxy groups -OCH3 is 1. The average Bonchev–Trinajstić information content (AvgIpc) is 2.81. The first kappa shape index (κ1) is 13.7. The molecule has 110 valence electrons. The lowest BCUT2D eigenvalue weighted by Gasteiger charge is -2.08. The Balaban J connectivity index is 2.21. The first-order valence-electron chi connectivity index (χ1n) is 6.84. The summed E-state index contributed by atoms with van der Waals surface area (Å²) in [5.74, 6) is 1.16. The highest BCUT2D eigenvalue weighted by molar-refractivity contribution is 5.81. The van der Waals surface area contributed by atoms with E-state index in [1.807, 2.05) is 19.9 Å². The first-order chi connectivity index (χ1) is 10.1. The van der Waals surface area contributed by atoms with Gasteiger partial charge in [-0.15, -0.1) is 5.10 Å². The largest absolute Gasteiger partial charge is 0.385 e. The minimum Gasteiger partial charge on any atom is -0.385 e. The van der Waals surface area contributed by atoms with Crippen molar-refractivity contribution in [1.82, 2.24) is 24.1 Å². The molecule has 0 bridgehead atoms. The zero-order valence-electron chi connectivity index (χ0n) is 12.3. The van der Waals surface area contributed by atoms with E-state index in [-0.39, 0.29) is 5.56 Å². The van der Waals surface area contributed by atoms with Crippen LogP contribution in [0.1, 0.15) is 17.9 Å². The van der Waals surface area contributed by atoms with E-state index >= 15 is 0 Å². The van der Waals surface area contributed by atoms with Crippen molar-refractivity contribution in [2.75, 3.05) is 13.7 Å². The molecule has 3 rings (SSSR count). The molecule has 0 N–H and O–H groups in total. The standard InChI is InChI=1S/C14H17N5O2/c1-9-12-11(19-14(15-9)16-10(2)17-19)5-7-18(13(12)20)6-4-8-21-3/h5,7H,4,6,8H2,1-3H3. The van der Waals surface area contributed by atoms with Crippen LogP contribution in [0.3, 0.4) is 0 Å². The molecule has 0 aromatic carbocycles. The normalized spacial score (nSPS) is 11.6. The van der Waals surface area contributed by atoms with Gasteiger partial charge in [-0.3, -0.25) is 4.79 Å². The smallest absolute Gasteiger partial charge is 0.261 e. The molecule has 3 heterocycles. The lowest BCUT2D eigenvalue weighted by atomic mass is 10.2. The highest BCUT2D eigenvalue weighted by Gasteiger charge is 2.13. The Kier molecular flexibility index (Phi) is 3.42. The van der Waals surface area contributed by atoms with Crippen LogP contribution >= 0.6 is 0 Å². The van der Waals surface area contributed by atoms with Gasteiger partial charge in [-0.25, -0.2) is 4.98 Å². The summed E-state index contributed by atoms with van der Waals surface area (Å²) in [5, 5.41) is 4.89. The van der Waals surface area contributed by atoms with Gasteiger partial charge in [0, 0.05) is 26.5 Å². The Morgan fingerprint density at radius 3 is 2.86 bits per heavy atom. The molecule has 0 aliphatic rings. The molecule has 0 spiro atoms. The first-order valence-corrected chi connectivity index (χ1v) is 6.84. The van der Waals surface area contributed by atoms with Gasteiger partial charge in [0.15, 0.2) is 0 Å². The molecule has 7 heteroatoms. The second-order valence-corrected chi connectivity index (χ2v) is 4.99. The summed E-state index contributed by atoms with van der Waals surface area (Å²) >= 11 is 0. The molecule has 0 saturated carbocycles. The fourth-order valence-corrected chi connectivity index (χ4v) is 2.48. The van der Waals surface area contributed by atoms with E-state index in [0.717, 1.165) is 11.9 Å². The van der Waals surface area contributed by atoms with E-state index in [2.05, 4.69) is 15.1 Å². The molecule has 3 aromatic heterocycles. The van der Waals surface area contributed by atoms with Gasteiger partial charge in [-0.05, 0) is 26.3 Å². The van der Waals surface area contributed by atoms with Crippen LogP contribution in [0.4, 0.5) is 0 Å². The predicted molar refractivity (Wildman–Crippen MR) is 78.5 cm³/mol. The fourth-order valence-electron chi connectivity index (χ4n) is 2.48. The Labute approximate surface area is 121 Å². The van der Waals surface area contributed by atoms with Crippen LogP contribution in [-0.2, 0) is 11.3 Å². The predicted octanol–water partition coefficient (Wildman–Crippen LogP) is 1.09. The summed E-state index contributed by atoms with van der Waals surface area (Å²) in [6, 6.07) is 1.89. The topological polar surface area (TPSA) is 74.3 Å². The van der Waals surface area contributed by atoms with E-state index in [1.54, 1.807) is 22.4 Å². The number of nitrogens with zero attached hydrogens (tertiary/aromatic N) is 5. The van der Waals surface area contributed by atoms with Crippen molar-refractivity contribution in [3.8, 4) is 0 Å². The molecule has 7 nitrogen and oxygen atoms in total. The number of pyridine rings is 1. The molecular formula is C14H17N5O2. The average molecular weight is 287 g/mol. The van der Waals surface area contributed by atoms with Crippen LogP contribution in [0, 0.1) is 13.8 Å². The van der Waals surface area contributed by atoms with E-state index < -0.39 is 0 Å². The second-order valence-electron chi connectivity index (χ2n) is 4.99. The Morgan fingerprint density at radius 1 is 1.29 bits per heavy atom. The molecule has 21 heavy (non-hydrogen) atoms. The zero-order chi connectivity index (χ0) is 15.0. The van der Waals surface area contributed by atoms with Gasteiger partial charge in [0.05, 0.1) is 16.6 Å². The molecular weight excluding hydrogens is 270 g/mol. The summed E-state index contributed by atoms with van der Waals surface area (Å²) in [4.78, 5) is 21.2. The monoisotopic (exact) mass is 287 g/mol. The van der Waals surface area contributed by atoms with Crippen LogP contribution < -0.4 is 5.56 Å². The van der Waals surface area contributed by atoms with Gasteiger partial charge >= 0.3 is 0 Å². The molecule has 0 aliphatic carbocycles. The summed E-state index contributed by atoms with van der Waals surface area (Å²) < 4.78 is 8.33. The van der Waals surface area contributed by atoms with Gasteiger partial charge in [0.25, 0.3) is 11.3 Å². The Morgan fingerprint density at radius 2 is 2.10 bits per heavy atom. The van der Waals surface area contributed by atoms with Gasteiger partial charge in [0.2, 0.25) is 0 Å². The molecule has 0 fully saturated rings. The number of fused-ring (bicyclic) bond motifs is 3. The van der Waals surface area contributed by atoms with Gasteiger partial charge in [-0.1, -0.05) is 0 Å². The van der Waals surface area contributed by atoms with Crippen LogP contribution in [-0.4, -0.2) is 37.9 Å². The van der Waals surface area contributed by atoms with E-state index in [1.165, 1.54) is 0 Å². The zero-order valence-corrected chi connectivity index (χ0v) is 12.3. The summed E-state index contributed by atoms with van der Waals surface area (Å²) in [6.45, 7) is 4.88. The van der Waals surface area contributed by atoms with Crippen molar-refractivity contribution < 1.29 is 4.74 Å². The molecule has 0 saturated heterocycles. The maximum atomic E-state index is 12.6. The van der Waals surface area contributed by atoms with Crippen LogP contribution in [0.2, 0.25) is 0 Å². The fraction of sp³-hybridized carbons (Fsp3) is 0.429. The van der Waals surface area contributed by atoms with E-state index in [9.17, 15) is 4.79 Å². The third-order valence-corrected chi connectivity index (χ3v) is 3.44. The third kappa shape index (κ3) is 2.29. The van der Waals surface area contributed by atoms with Gasteiger partial charge in [-0.2, -0.15) is 9.50 Å². The van der Waals surface area contributed by atoms with Crippen molar-refractivity contribution >= 4 is 16.7 Å². The molecule has 0 amide bonds. The number of hydrogen-bond acceptors (Lipinski definition) is 5. The molecule has 3 aromatic rings. The molecule has 0 unspecified atom stereocenters. The van der Waals surface area contributed by atoms with Crippen LogP contribution in [0.5, 0.6) is 0 Å². The quantitative estimate of drug-likeness (QED) is 0.672. The van der Waals surface area contributed by atoms with Gasteiger partial charge in [0.1, 0.15) is 5.82 Å². The Bertz CT molecular complexity index is 865. The third-order valence-electron chi connectivity index (χ3n) is 3.44. The second kappa shape index (κ2) is 5.25.